The van der Waals surface area contributed by atoms with E-state index >= 15 is 0 Å². The number of methoxy groups -OCH3 is 1. The van der Waals surface area contributed by atoms with Gasteiger partial charge in [0.1, 0.15) is 0 Å². The standard InChI is InChI=1S/C25H28N2O4/c1-6-18-14(3)20(12-28)26-23(18)22(16-8-10-17(11-9-16)25(30)31-5)24-19(7-2)15(4)21(13-29)27-24/h8-13,22,26-27H,6-7H2,1-5H3. The van der Waals surface area contributed by atoms with Crippen LogP contribution in [-0.4, -0.2) is 35.6 Å². The second-order valence-electron chi connectivity index (χ2n) is 7.60. The van der Waals surface area contributed by atoms with Crippen LogP contribution in [-0.2, 0) is 17.6 Å². The average molecular weight is 421 g/mol. The third kappa shape index (κ3) is 3.85. The maximum Gasteiger partial charge on any atom is 0.337 e. The Hall–Kier alpha value is -3.41. The fourth-order valence-corrected chi connectivity index (χ4v) is 4.40. The third-order valence-electron chi connectivity index (χ3n) is 6.09. The Kier molecular flexibility index (Phi) is 6.59. The Labute approximate surface area is 182 Å². The van der Waals surface area contributed by atoms with E-state index in [0.29, 0.717) is 17.0 Å². The van der Waals surface area contributed by atoms with Crippen molar-refractivity contribution in [2.24, 2.45) is 0 Å². The van der Waals surface area contributed by atoms with Crippen LogP contribution in [0, 0.1) is 13.8 Å². The lowest BCUT2D eigenvalue weighted by molar-refractivity contribution is 0.0600. The maximum atomic E-state index is 11.9. The number of ether oxygens (including phenoxy) is 1. The minimum Gasteiger partial charge on any atom is -0.465 e. The van der Waals surface area contributed by atoms with E-state index in [9.17, 15) is 14.4 Å². The number of rotatable bonds is 8. The van der Waals surface area contributed by atoms with E-state index in [2.05, 4.69) is 23.8 Å². The molecule has 0 atom stereocenters. The lowest BCUT2D eigenvalue weighted by atomic mass is 9.86. The van der Waals surface area contributed by atoms with Gasteiger partial charge >= 0.3 is 5.97 Å². The van der Waals surface area contributed by atoms with Crippen LogP contribution in [0.3, 0.4) is 0 Å². The molecule has 0 saturated carbocycles. The highest BCUT2D eigenvalue weighted by molar-refractivity contribution is 5.89. The molecule has 0 aliphatic rings. The second-order valence-corrected chi connectivity index (χ2v) is 7.60. The Balaban J connectivity index is 2.30. The zero-order valence-corrected chi connectivity index (χ0v) is 18.6. The van der Waals surface area contributed by atoms with Crippen molar-refractivity contribution in [3.8, 4) is 0 Å². The fourth-order valence-electron chi connectivity index (χ4n) is 4.40. The van der Waals surface area contributed by atoms with Gasteiger partial charge < -0.3 is 14.7 Å². The van der Waals surface area contributed by atoms with Crippen molar-refractivity contribution < 1.29 is 19.1 Å². The lowest BCUT2D eigenvalue weighted by Gasteiger charge is -2.20. The van der Waals surface area contributed by atoms with Gasteiger partial charge in [-0.05, 0) is 66.6 Å². The van der Waals surface area contributed by atoms with Gasteiger partial charge in [-0.15, -0.1) is 0 Å². The summed E-state index contributed by atoms with van der Waals surface area (Å²) in [6, 6.07) is 7.25. The van der Waals surface area contributed by atoms with E-state index in [1.807, 2.05) is 26.0 Å². The number of esters is 1. The summed E-state index contributed by atoms with van der Waals surface area (Å²) in [4.78, 5) is 41.8. The summed E-state index contributed by atoms with van der Waals surface area (Å²) >= 11 is 0. The molecule has 0 fully saturated rings. The second kappa shape index (κ2) is 9.16. The zero-order valence-electron chi connectivity index (χ0n) is 18.6. The molecule has 6 heteroatoms. The largest absolute Gasteiger partial charge is 0.465 e. The van der Waals surface area contributed by atoms with E-state index in [-0.39, 0.29) is 5.92 Å². The Morgan fingerprint density at radius 1 is 0.903 bits per heavy atom. The van der Waals surface area contributed by atoms with Gasteiger partial charge in [-0.1, -0.05) is 26.0 Å². The van der Waals surface area contributed by atoms with Crippen LogP contribution in [0.15, 0.2) is 24.3 Å². The van der Waals surface area contributed by atoms with Gasteiger partial charge in [0.2, 0.25) is 0 Å². The third-order valence-corrected chi connectivity index (χ3v) is 6.09. The molecule has 2 N–H and O–H groups in total. The van der Waals surface area contributed by atoms with E-state index in [4.69, 9.17) is 4.74 Å². The topological polar surface area (TPSA) is 92.0 Å². The Morgan fingerprint density at radius 3 is 1.71 bits per heavy atom. The summed E-state index contributed by atoms with van der Waals surface area (Å²) in [7, 11) is 1.35. The van der Waals surface area contributed by atoms with Crippen LogP contribution < -0.4 is 0 Å². The lowest BCUT2D eigenvalue weighted by Crippen LogP contribution is -2.10. The molecule has 1 aromatic carbocycles. The molecule has 0 amide bonds. The number of benzene rings is 1. The highest BCUT2D eigenvalue weighted by Gasteiger charge is 2.28. The number of nitrogens with one attached hydrogen (secondary N) is 2. The number of carbonyl (C=O) groups excluding carboxylic acids is 3. The molecule has 6 nitrogen and oxygen atoms in total. The Morgan fingerprint density at radius 2 is 1.35 bits per heavy atom. The van der Waals surface area contributed by atoms with Crippen LogP contribution in [0.1, 0.15) is 90.3 Å². The van der Waals surface area contributed by atoms with Crippen LogP contribution >= 0.6 is 0 Å². The van der Waals surface area contributed by atoms with Crippen molar-refractivity contribution in [1.29, 1.82) is 0 Å². The molecule has 2 heterocycles. The van der Waals surface area contributed by atoms with Crippen molar-refractivity contribution in [3.05, 3.63) is 80.4 Å². The van der Waals surface area contributed by atoms with Crippen molar-refractivity contribution in [3.63, 3.8) is 0 Å². The molecular formula is C25H28N2O4. The van der Waals surface area contributed by atoms with Gasteiger partial charge in [-0.25, -0.2) is 4.79 Å². The molecule has 0 aliphatic heterocycles. The van der Waals surface area contributed by atoms with Gasteiger partial charge in [-0.2, -0.15) is 0 Å². The molecule has 0 unspecified atom stereocenters. The number of aromatic nitrogens is 2. The summed E-state index contributed by atoms with van der Waals surface area (Å²) in [6.45, 7) is 8.00. The first-order valence-electron chi connectivity index (χ1n) is 10.4. The monoisotopic (exact) mass is 420 g/mol. The molecule has 0 saturated heterocycles. The molecule has 2 aromatic heterocycles. The van der Waals surface area contributed by atoms with Crippen LogP contribution in [0.25, 0.3) is 0 Å². The molecule has 31 heavy (non-hydrogen) atoms. The number of carbonyl (C=O) groups is 3. The smallest absolute Gasteiger partial charge is 0.337 e. The summed E-state index contributed by atoms with van der Waals surface area (Å²) in [6.07, 6.45) is 3.19. The highest BCUT2D eigenvalue weighted by Crippen LogP contribution is 2.38. The minimum absolute atomic E-state index is 0.253. The first-order chi connectivity index (χ1) is 14.9. The number of H-pyrrole nitrogens is 2. The molecule has 0 aliphatic carbocycles. The van der Waals surface area contributed by atoms with E-state index in [1.165, 1.54) is 7.11 Å². The molecule has 0 bridgehead atoms. The molecule has 0 radical (unpaired) electrons. The Bertz CT molecular complexity index is 1060. The van der Waals surface area contributed by atoms with E-state index in [0.717, 1.165) is 64.6 Å². The number of aldehydes is 2. The van der Waals surface area contributed by atoms with Crippen molar-refractivity contribution in [2.45, 2.75) is 46.5 Å². The van der Waals surface area contributed by atoms with Crippen molar-refractivity contribution in [2.75, 3.05) is 7.11 Å². The summed E-state index contributed by atoms with van der Waals surface area (Å²) in [5.74, 6) is -0.652. The predicted octanol–water partition coefficient (Wildman–Crippen LogP) is 4.68. The minimum atomic E-state index is -0.399. The predicted molar refractivity (Wildman–Crippen MR) is 119 cm³/mol. The first-order valence-corrected chi connectivity index (χ1v) is 10.4. The summed E-state index contributed by atoms with van der Waals surface area (Å²) < 4.78 is 4.82. The molecular weight excluding hydrogens is 392 g/mol. The van der Waals surface area contributed by atoms with Gasteiger partial charge in [-0.3, -0.25) is 9.59 Å². The molecule has 3 aromatic rings. The fraction of sp³-hybridized carbons (Fsp3) is 0.320. The summed E-state index contributed by atoms with van der Waals surface area (Å²) in [5, 5.41) is 0. The maximum absolute atomic E-state index is 11.9. The highest BCUT2D eigenvalue weighted by atomic mass is 16.5. The van der Waals surface area contributed by atoms with E-state index < -0.39 is 5.97 Å². The van der Waals surface area contributed by atoms with Crippen LogP contribution in [0.5, 0.6) is 0 Å². The van der Waals surface area contributed by atoms with Crippen molar-refractivity contribution >= 4 is 18.5 Å². The zero-order chi connectivity index (χ0) is 22.7. The number of hydrogen-bond acceptors (Lipinski definition) is 4. The van der Waals surface area contributed by atoms with Crippen LogP contribution in [0.4, 0.5) is 0 Å². The number of aromatic amines is 2. The van der Waals surface area contributed by atoms with E-state index in [1.54, 1.807) is 12.1 Å². The SMILES string of the molecule is CCc1c(C(c2ccc(C(=O)OC)cc2)c2[nH]c(C=O)c(C)c2CC)[nH]c(C=O)c1C. The van der Waals surface area contributed by atoms with Gasteiger partial charge in [0.05, 0.1) is 30.0 Å². The summed E-state index contributed by atoms with van der Waals surface area (Å²) in [5.41, 5.74) is 8.36. The average Bonchev–Trinajstić information content (AvgIpc) is 3.29. The number of hydrogen-bond donors (Lipinski definition) is 2. The van der Waals surface area contributed by atoms with Crippen molar-refractivity contribution in [1.82, 2.24) is 9.97 Å². The first kappa shape index (κ1) is 22.3. The normalized spacial score (nSPS) is 11.0. The van der Waals surface area contributed by atoms with Gasteiger partial charge in [0.15, 0.2) is 12.6 Å². The molecule has 0 spiro atoms. The van der Waals surface area contributed by atoms with Gasteiger partial charge in [0.25, 0.3) is 0 Å². The quantitative estimate of drug-likeness (QED) is 0.409. The molecule has 3 rings (SSSR count). The molecule has 162 valence electrons. The van der Waals surface area contributed by atoms with Crippen LogP contribution in [0.2, 0.25) is 0 Å². The van der Waals surface area contributed by atoms with Gasteiger partial charge in [0, 0.05) is 11.4 Å².